The Hall–Kier alpha value is -2.91. The number of fused-ring (bicyclic) bond motifs is 2. The van der Waals surface area contributed by atoms with Gasteiger partial charge in [0, 0.05) is 11.5 Å². The minimum absolute atomic E-state index is 0.0222. The van der Waals surface area contributed by atoms with Crippen LogP contribution < -0.4 is 0 Å². The lowest BCUT2D eigenvalue weighted by Gasteiger charge is -2.10. The van der Waals surface area contributed by atoms with E-state index < -0.39 is 0 Å². The minimum atomic E-state index is -0.372. The van der Waals surface area contributed by atoms with E-state index in [9.17, 15) is 10.1 Å². The highest BCUT2D eigenvalue weighted by Crippen LogP contribution is 2.41. The molecule has 0 bridgehead atoms. The van der Waals surface area contributed by atoms with Gasteiger partial charge in [0.2, 0.25) is 0 Å². The van der Waals surface area contributed by atoms with E-state index in [4.69, 9.17) is 11.6 Å². The van der Waals surface area contributed by atoms with Crippen molar-refractivity contribution in [2.45, 2.75) is 0 Å². The van der Waals surface area contributed by atoms with Crippen LogP contribution in [0.2, 0.25) is 5.02 Å². The summed E-state index contributed by atoms with van der Waals surface area (Å²) in [4.78, 5) is 11.2. The largest absolute Gasteiger partial charge is 0.279 e. The van der Waals surface area contributed by atoms with E-state index in [1.807, 2.05) is 66.7 Å². The second-order valence-electron chi connectivity index (χ2n) is 5.62. The molecule has 0 saturated heterocycles. The number of nitrogens with zero attached hydrogens (tertiary/aromatic N) is 1. The van der Waals surface area contributed by atoms with Crippen molar-refractivity contribution in [2.75, 3.05) is 0 Å². The molecule has 0 aliphatic rings. The molecule has 0 aromatic heterocycles. The molecule has 0 N–H and O–H groups in total. The number of nitro groups is 1. The van der Waals surface area contributed by atoms with Crippen molar-refractivity contribution in [3.05, 3.63) is 87.9 Å². The maximum Gasteiger partial charge on any atom is 0.279 e. The molecule has 0 saturated carbocycles. The first kappa shape index (κ1) is 14.7. The zero-order valence-electron chi connectivity index (χ0n) is 12.6. The molecule has 0 fully saturated rings. The first-order valence-electron chi connectivity index (χ1n) is 7.50. The van der Waals surface area contributed by atoms with Gasteiger partial charge in [0.1, 0.15) is 0 Å². The molecule has 24 heavy (non-hydrogen) atoms. The fraction of sp³-hybridized carbons (Fsp3) is 0. The van der Waals surface area contributed by atoms with E-state index in [-0.39, 0.29) is 10.6 Å². The number of halogens is 1. The molecule has 0 atom stereocenters. The second-order valence-corrected chi connectivity index (χ2v) is 6.02. The van der Waals surface area contributed by atoms with Crippen LogP contribution in [0.1, 0.15) is 0 Å². The average molecular weight is 334 g/mol. The molecule has 0 spiro atoms. The molecule has 0 aliphatic carbocycles. The molecule has 0 aliphatic heterocycles. The van der Waals surface area contributed by atoms with Crippen LogP contribution in [0.25, 0.3) is 32.7 Å². The van der Waals surface area contributed by atoms with Crippen LogP contribution in [0.4, 0.5) is 5.69 Å². The summed E-state index contributed by atoms with van der Waals surface area (Å²) in [5, 5.41) is 15.7. The van der Waals surface area contributed by atoms with Crippen LogP contribution in [0.5, 0.6) is 0 Å². The van der Waals surface area contributed by atoms with Gasteiger partial charge in [-0.15, -0.1) is 0 Å². The van der Waals surface area contributed by atoms with Gasteiger partial charge in [-0.25, -0.2) is 0 Å². The predicted octanol–water partition coefficient (Wildman–Crippen LogP) is 6.22. The van der Waals surface area contributed by atoms with Crippen LogP contribution >= 0.6 is 11.6 Å². The highest BCUT2D eigenvalue weighted by atomic mass is 35.5. The predicted molar refractivity (Wildman–Crippen MR) is 98.6 cm³/mol. The summed E-state index contributed by atoms with van der Waals surface area (Å²) in [7, 11) is 0. The van der Waals surface area contributed by atoms with E-state index in [1.165, 1.54) is 6.07 Å². The maximum atomic E-state index is 11.6. The number of hydrogen-bond donors (Lipinski definition) is 0. The van der Waals surface area contributed by atoms with Gasteiger partial charge in [0.25, 0.3) is 5.69 Å². The molecule has 4 heteroatoms. The summed E-state index contributed by atoms with van der Waals surface area (Å²) < 4.78 is 0. The molecular weight excluding hydrogens is 322 g/mol. The standard InChI is InChI=1S/C20H12ClNO2/c21-18-12-19(22(23)24)20(17-8-4-3-7-16(17)18)15-10-9-13-5-1-2-6-14(13)11-15/h1-12H. The van der Waals surface area contributed by atoms with Crippen molar-refractivity contribution in [1.82, 2.24) is 0 Å². The SMILES string of the molecule is O=[N+]([O-])c1cc(Cl)c2ccccc2c1-c1ccc2ccccc2c1. The number of nitro benzene ring substituents is 1. The normalized spacial score (nSPS) is 11.0. The Bertz CT molecular complexity index is 1110. The average Bonchev–Trinajstić information content (AvgIpc) is 2.61. The third kappa shape index (κ3) is 2.30. The Kier molecular flexibility index (Phi) is 3.44. The van der Waals surface area contributed by atoms with Crippen molar-refractivity contribution in [3.8, 4) is 11.1 Å². The molecule has 4 aromatic carbocycles. The molecular formula is C20H12ClNO2. The van der Waals surface area contributed by atoms with Crippen molar-refractivity contribution in [2.24, 2.45) is 0 Å². The first-order valence-corrected chi connectivity index (χ1v) is 7.88. The lowest BCUT2D eigenvalue weighted by atomic mass is 9.94. The Morgan fingerprint density at radius 3 is 2.21 bits per heavy atom. The van der Waals surface area contributed by atoms with Crippen LogP contribution in [0.3, 0.4) is 0 Å². The smallest absolute Gasteiger partial charge is 0.258 e. The lowest BCUT2D eigenvalue weighted by molar-refractivity contribution is -0.384. The van der Waals surface area contributed by atoms with Crippen molar-refractivity contribution in [3.63, 3.8) is 0 Å². The third-order valence-corrected chi connectivity index (χ3v) is 4.52. The molecule has 0 unspecified atom stereocenters. The van der Waals surface area contributed by atoms with Crippen LogP contribution in [0, 0.1) is 10.1 Å². The monoisotopic (exact) mass is 333 g/mol. The van der Waals surface area contributed by atoms with Crippen molar-refractivity contribution < 1.29 is 4.92 Å². The molecule has 0 radical (unpaired) electrons. The first-order chi connectivity index (χ1) is 11.6. The Labute approximate surface area is 143 Å². The Morgan fingerprint density at radius 2 is 1.46 bits per heavy atom. The third-order valence-electron chi connectivity index (χ3n) is 4.21. The van der Waals surface area contributed by atoms with Gasteiger partial charge in [0.05, 0.1) is 15.5 Å². The van der Waals surface area contributed by atoms with E-state index >= 15 is 0 Å². The van der Waals surface area contributed by atoms with Gasteiger partial charge in [-0.3, -0.25) is 10.1 Å². The Morgan fingerprint density at radius 1 is 0.792 bits per heavy atom. The fourth-order valence-electron chi connectivity index (χ4n) is 3.11. The van der Waals surface area contributed by atoms with Crippen LogP contribution in [0.15, 0.2) is 72.8 Å². The van der Waals surface area contributed by atoms with Crippen LogP contribution in [-0.2, 0) is 0 Å². The summed E-state index contributed by atoms with van der Waals surface area (Å²) in [6.07, 6.45) is 0. The highest BCUT2D eigenvalue weighted by Gasteiger charge is 2.21. The molecule has 4 rings (SSSR count). The van der Waals surface area contributed by atoms with Crippen molar-refractivity contribution in [1.29, 1.82) is 0 Å². The molecule has 0 amide bonds. The highest BCUT2D eigenvalue weighted by molar-refractivity contribution is 6.36. The molecule has 116 valence electrons. The maximum absolute atomic E-state index is 11.6. The van der Waals surface area contributed by atoms with E-state index in [0.717, 1.165) is 27.1 Å². The van der Waals surface area contributed by atoms with E-state index in [0.29, 0.717) is 10.6 Å². The van der Waals surface area contributed by atoms with E-state index in [2.05, 4.69) is 0 Å². The van der Waals surface area contributed by atoms with Gasteiger partial charge in [-0.2, -0.15) is 0 Å². The van der Waals surface area contributed by atoms with E-state index in [1.54, 1.807) is 0 Å². The second kappa shape index (κ2) is 5.62. The van der Waals surface area contributed by atoms with Gasteiger partial charge in [-0.05, 0) is 27.8 Å². The topological polar surface area (TPSA) is 43.1 Å². The van der Waals surface area contributed by atoms with Gasteiger partial charge < -0.3 is 0 Å². The zero-order chi connectivity index (χ0) is 16.7. The van der Waals surface area contributed by atoms with Gasteiger partial charge >= 0.3 is 0 Å². The fourth-order valence-corrected chi connectivity index (χ4v) is 3.38. The number of benzene rings is 4. The van der Waals surface area contributed by atoms with Gasteiger partial charge in [0.15, 0.2) is 0 Å². The quantitative estimate of drug-likeness (QED) is 0.323. The number of hydrogen-bond acceptors (Lipinski definition) is 2. The van der Waals surface area contributed by atoms with Crippen LogP contribution in [-0.4, -0.2) is 4.92 Å². The molecule has 3 nitrogen and oxygen atoms in total. The number of rotatable bonds is 2. The van der Waals surface area contributed by atoms with Crippen molar-refractivity contribution >= 4 is 38.8 Å². The minimum Gasteiger partial charge on any atom is -0.258 e. The lowest BCUT2D eigenvalue weighted by Crippen LogP contribution is -1.94. The zero-order valence-corrected chi connectivity index (χ0v) is 13.3. The summed E-state index contributed by atoms with van der Waals surface area (Å²) in [5.41, 5.74) is 1.44. The molecule has 4 aromatic rings. The van der Waals surface area contributed by atoms with Gasteiger partial charge in [-0.1, -0.05) is 72.3 Å². The molecule has 0 heterocycles. The summed E-state index contributed by atoms with van der Waals surface area (Å²) in [6.45, 7) is 0. The summed E-state index contributed by atoms with van der Waals surface area (Å²) in [5.74, 6) is 0. The Balaban J connectivity index is 2.12. The summed E-state index contributed by atoms with van der Waals surface area (Å²) >= 11 is 6.26. The summed E-state index contributed by atoms with van der Waals surface area (Å²) in [6, 6.07) is 22.8.